The third kappa shape index (κ3) is 4.61. The van der Waals surface area contributed by atoms with Crippen LogP contribution in [0, 0.1) is 13.8 Å². The zero-order chi connectivity index (χ0) is 32.2. The fourth-order valence-electron chi connectivity index (χ4n) is 7.00. The summed E-state index contributed by atoms with van der Waals surface area (Å²) in [4.78, 5) is 20.1. The lowest BCUT2D eigenvalue weighted by Gasteiger charge is -2.14. The van der Waals surface area contributed by atoms with Crippen LogP contribution in [0.15, 0.2) is 146 Å². The lowest BCUT2D eigenvalue weighted by molar-refractivity contribution is 1.31. The second-order valence-electron chi connectivity index (χ2n) is 12.4. The predicted octanol–water partition coefficient (Wildman–Crippen LogP) is 11.2. The van der Waals surface area contributed by atoms with Gasteiger partial charge in [0.1, 0.15) is 0 Å². The van der Waals surface area contributed by atoms with Gasteiger partial charge in [0, 0.05) is 45.1 Å². The molecule has 0 aliphatic rings. The number of benzene rings is 5. The number of hydrogen-bond acceptors (Lipinski definition) is 4. The maximum absolute atomic E-state index is 5.23. The van der Waals surface area contributed by atoms with E-state index in [4.69, 9.17) is 19.9 Å². The summed E-state index contributed by atoms with van der Waals surface area (Å²) in [7, 11) is 0. The van der Waals surface area contributed by atoms with Crippen molar-refractivity contribution in [3.8, 4) is 44.8 Å². The molecule has 9 rings (SSSR count). The molecule has 0 bridgehead atoms. The Bertz CT molecular complexity index is 2490. The highest BCUT2D eigenvalue weighted by Gasteiger charge is 2.15. The number of rotatable bonds is 4. The molecule has 5 aromatic carbocycles. The van der Waals surface area contributed by atoms with E-state index >= 15 is 0 Å². The Labute approximate surface area is 278 Å². The van der Waals surface area contributed by atoms with Crippen LogP contribution in [-0.4, -0.2) is 19.9 Å². The maximum Gasteiger partial charge on any atom is 0.0972 e. The van der Waals surface area contributed by atoms with Crippen LogP contribution >= 0.6 is 0 Å². The molecule has 4 heteroatoms. The summed E-state index contributed by atoms with van der Waals surface area (Å²) in [5.41, 5.74) is 14.7. The number of hydrogen-bond donors (Lipinski definition) is 0. The Morgan fingerprint density at radius 2 is 0.792 bits per heavy atom. The lowest BCUT2D eigenvalue weighted by Crippen LogP contribution is -1.95. The molecule has 0 radical (unpaired) electrons. The van der Waals surface area contributed by atoms with E-state index in [2.05, 4.69) is 135 Å². The van der Waals surface area contributed by atoms with E-state index in [1.165, 1.54) is 11.1 Å². The molecule has 0 fully saturated rings. The first-order valence-corrected chi connectivity index (χ1v) is 16.2. The summed E-state index contributed by atoms with van der Waals surface area (Å²) >= 11 is 0. The van der Waals surface area contributed by atoms with Gasteiger partial charge < -0.3 is 0 Å². The molecule has 4 nitrogen and oxygen atoms in total. The molecule has 4 heterocycles. The van der Waals surface area contributed by atoms with Gasteiger partial charge in [0.25, 0.3) is 0 Å². The van der Waals surface area contributed by atoms with E-state index in [1.807, 2.05) is 24.5 Å². The van der Waals surface area contributed by atoms with Crippen molar-refractivity contribution in [2.45, 2.75) is 13.8 Å². The van der Waals surface area contributed by atoms with Crippen LogP contribution in [-0.2, 0) is 0 Å². The van der Waals surface area contributed by atoms with Gasteiger partial charge in [-0.05, 0) is 83.6 Å². The van der Waals surface area contributed by atoms with Gasteiger partial charge >= 0.3 is 0 Å². The van der Waals surface area contributed by atoms with Crippen LogP contribution in [0.25, 0.3) is 88.4 Å². The summed E-state index contributed by atoms with van der Waals surface area (Å²) in [5, 5.41) is 4.35. The molecule has 0 N–H and O–H groups in total. The van der Waals surface area contributed by atoms with E-state index in [-0.39, 0.29) is 0 Å². The molecule has 0 aliphatic carbocycles. The van der Waals surface area contributed by atoms with Gasteiger partial charge in [0.15, 0.2) is 0 Å². The molecule has 0 amide bonds. The number of pyridine rings is 4. The van der Waals surface area contributed by atoms with Crippen molar-refractivity contribution in [1.82, 2.24) is 19.9 Å². The molecule has 0 spiro atoms. The average Bonchev–Trinajstić information content (AvgIpc) is 3.15. The fraction of sp³-hybridized carbons (Fsp3) is 0.0455. The smallest absolute Gasteiger partial charge is 0.0972 e. The second kappa shape index (κ2) is 11.2. The third-order valence-corrected chi connectivity index (χ3v) is 9.43. The van der Waals surface area contributed by atoms with Crippen molar-refractivity contribution in [3.05, 3.63) is 157 Å². The molecule has 0 atom stereocenters. The van der Waals surface area contributed by atoms with Crippen molar-refractivity contribution in [2.24, 2.45) is 0 Å². The van der Waals surface area contributed by atoms with Crippen molar-refractivity contribution in [1.29, 1.82) is 0 Å². The van der Waals surface area contributed by atoms with Crippen LogP contribution in [0.5, 0.6) is 0 Å². The van der Waals surface area contributed by atoms with Gasteiger partial charge in [0.2, 0.25) is 0 Å². The van der Waals surface area contributed by atoms with E-state index in [0.717, 1.165) is 88.4 Å². The molecule has 48 heavy (non-hydrogen) atoms. The van der Waals surface area contributed by atoms with Crippen LogP contribution in [0.1, 0.15) is 11.1 Å². The summed E-state index contributed by atoms with van der Waals surface area (Å²) in [5.74, 6) is 0. The molecule has 0 unspecified atom stereocenters. The highest BCUT2D eigenvalue weighted by molar-refractivity contribution is 6.09. The molecule has 9 aromatic rings. The maximum atomic E-state index is 5.23. The molecule has 0 saturated heterocycles. The van der Waals surface area contributed by atoms with Crippen LogP contribution < -0.4 is 0 Å². The van der Waals surface area contributed by atoms with E-state index < -0.39 is 0 Å². The monoisotopic (exact) mass is 614 g/mol. The van der Waals surface area contributed by atoms with Gasteiger partial charge in [0.05, 0.1) is 33.5 Å². The van der Waals surface area contributed by atoms with Crippen LogP contribution in [0.4, 0.5) is 0 Å². The zero-order valence-electron chi connectivity index (χ0n) is 26.6. The minimum Gasteiger partial charge on any atom is -0.254 e. The first-order chi connectivity index (χ1) is 23.6. The molecule has 0 aliphatic heterocycles. The summed E-state index contributed by atoms with van der Waals surface area (Å²) in [6.45, 7) is 4.31. The predicted molar refractivity (Wildman–Crippen MR) is 199 cm³/mol. The Balaban J connectivity index is 1.15. The van der Waals surface area contributed by atoms with Gasteiger partial charge in [-0.25, -0.2) is 9.97 Å². The van der Waals surface area contributed by atoms with Gasteiger partial charge in [-0.3, -0.25) is 9.97 Å². The van der Waals surface area contributed by atoms with Crippen LogP contribution in [0.2, 0.25) is 0 Å². The lowest BCUT2D eigenvalue weighted by atomic mass is 9.94. The zero-order valence-corrected chi connectivity index (χ0v) is 26.6. The quantitative estimate of drug-likeness (QED) is 0.185. The Morgan fingerprint density at radius 3 is 1.23 bits per heavy atom. The number of nitrogens with zero attached hydrogens (tertiary/aromatic N) is 4. The van der Waals surface area contributed by atoms with E-state index in [9.17, 15) is 0 Å². The number of fused-ring (bicyclic) bond motifs is 6. The van der Waals surface area contributed by atoms with Crippen molar-refractivity contribution < 1.29 is 0 Å². The van der Waals surface area contributed by atoms with Crippen molar-refractivity contribution in [3.63, 3.8) is 0 Å². The number of aryl methyl sites for hydroxylation is 2. The Morgan fingerprint density at radius 1 is 0.375 bits per heavy atom. The van der Waals surface area contributed by atoms with E-state index in [1.54, 1.807) is 0 Å². The first kappa shape index (κ1) is 28.0. The fourth-order valence-corrected chi connectivity index (χ4v) is 7.00. The topological polar surface area (TPSA) is 51.6 Å². The van der Waals surface area contributed by atoms with Gasteiger partial charge in [-0.2, -0.15) is 0 Å². The minimum atomic E-state index is 0.911. The SMILES string of the molecule is Cc1cc(-c2ccc3ccc4c(-c5ccccc5)ccnc4c3n2)c(C)cc1-c1ccc2ccc3c(-c4ccccc4)ccnc3c2n1. The third-order valence-electron chi connectivity index (χ3n) is 9.43. The van der Waals surface area contributed by atoms with Gasteiger partial charge in [-0.15, -0.1) is 0 Å². The van der Waals surface area contributed by atoms with Gasteiger partial charge in [-0.1, -0.05) is 97.1 Å². The molecule has 0 saturated carbocycles. The average molecular weight is 615 g/mol. The Kier molecular flexibility index (Phi) is 6.54. The molecular weight excluding hydrogens is 585 g/mol. The Hall–Kier alpha value is -6.26. The highest BCUT2D eigenvalue weighted by Crippen LogP contribution is 2.36. The highest BCUT2D eigenvalue weighted by atomic mass is 14.8. The standard InChI is InChI=1S/C44H30N4/c1-27-25-38(40-20-16-32-14-18-36-34(30-11-7-4-8-12-30)22-24-46-44(36)42(32)48-40)28(2)26-37(27)39-19-15-31-13-17-35-33(29-9-5-3-6-10-29)21-23-45-43(35)41(31)47-39/h3-26H,1-2H3. The summed E-state index contributed by atoms with van der Waals surface area (Å²) in [6, 6.07) is 46.8. The summed E-state index contributed by atoms with van der Waals surface area (Å²) < 4.78 is 0. The molecule has 226 valence electrons. The van der Waals surface area contributed by atoms with E-state index in [0.29, 0.717) is 0 Å². The number of aromatic nitrogens is 4. The normalized spacial score (nSPS) is 11.5. The largest absolute Gasteiger partial charge is 0.254 e. The molecule has 4 aromatic heterocycles. The minimum absolute atomic E-state index is 0.911. The summed E-state index contributed by atoms with van der Waals surface area (Å²) in [6.07, 6.45) is 3.78. The van der Waals surface area contributed by atoms with Crippen LogP contribution in [0.3, 0.4) is 0 Å². The van der Waals surface area contributed by atoms with Crippen molar-refractivity contribution >= 4 is 43.6 Å². The van der Waals surface area contributed by atoms with Crippen molar-refractivity contribution in [2.75, 3.05) is 0 Å². The second-order valence-corrected chi connectivity index (χ2v) is 12.4. The first-order valence-electron chi connectivity index (χ1n) is 16.2. The molecular formula is C44H30N4.